The molecule has 0 fully saturated rings. The Bertz CT molecular complexity index is 488. The summed E-state index contributed by atoms with van der Waals surface area (Å²) in [6.07, 6.45) is 1.68. The van der Waals surface area contributed by atoms with E-state index in [0.717, 1.165) is 0 Å². The number of hydrogen-bond donors (Lipinski definition) is 1. The third kappa shape index (κ3) is 2.32. The van der Waals surface area contributed by atoms with Crippen LogP contribution in [0.1, 0.15) is 5.69 Å². The van der Waals surface area contributed by atoms with Gasteiger partial charge in [0.15, 0.2) is 0 Å². The summed E-state index contributed by atoms with van der Waals surface area (Å²) < 4.78 is 5.66. The standard InChI is InChI=1S/C12H11ClN2O/c13-9-4-1-2-5-11(9)16-12-6-3-7-15-10(12)8-14/h1-7H,8,14H2. The lowest BCUT2D eigenvalue weighted by atomic mass is 10.3. The third-order valence-electron chi connectivity index (χ3n) is 2.10. The van der Waals surface area contributed by atoms with Crippen molar-refractivity contribution in [3.8, 4) is 11.5 Å². The van der Waals surface area contributed by atoms with Gasteiger partial charge in [-0.05, 0) is 24.3 Å². The van der Waals surface area contributed by atoms with E-state index in [1.807, 2.05) is 18.2 Å². The Morgan fingerprint density at radius 3 is 2.62 bits per heavy atom. The normalized spacial score (nSPS) is 10.1. The van der Waals surface area contributed by atoms with Crippen LogP contribution in [0.3, 0.4) is 0 Å². The quantitative estimate of drug-likeness (QED) is 0.888. The highest BCUT2D eigenvalue weighted by Crippen LogP contribution is 2.29. The van der Waals surface area contributed by atoms with E-state index >= 15 is 0 Å². The maximum atomic E-state index is 5.99. The average molecular weight is 235 g/mol. The van der Waals surface area contributed by atoms with Gasteiger partial charge in [-0.3, -0.25) is 4.98 Å². The van der Waals surface area contributed by atoms with E-state index in [1.54, 1.807) is 24.4 Å². The van der Waals surface area contributed by atoms with Crippen LogP contribution in [-0.2, 0) is 6.54 Å². The number of hydrogen-bond acceptors (Lipinski definition) is 3. The molecular weight excluding hydrogens is 224 g/mol. The van der Waals surface area contributed by atoms with Gasteiger partial charge < -0.3 is 10.5 Å². The summed E-state index contributed by atoms with van der Waals surface area (Å²) in [5.74, 6) is 1.24. The van der Waals surface area contributed by atoms with Crippen molar-refractivity contribution in [3.05, 3.63) is 53.3 Å². The minimum absolute atomic E-state index is 0.334. The number of benzene rings is 1. The van der Waals surface area contributed by atoms with E-state index in [-0.39, 0.29) is 0 Å². The van der Waals surface area contributed by atoms with Crippen LogP contribution in [0.25, 0.3) is 0 Å². The first kappa shape index (κ1) is 10.9. The van der Waals surface area contributed by atoms with Crippen molar-refractivity contribution in [2.75, 3.05) is 0 Å². The second-order valence-electron chi connectivity index (χ2n) is 3.18. The van der Waals surface area contributed by atoms with Gasteiger partial charge in [0, 0.05) is 12.7 Å². The average Bonchev–Trinajstić information content (AvgIpc) is 2.33. The first-order chi connectivity index (χ1) is 7.81. The fraction of sp³-hybridized carbons (Fsp3) is 0.0833. The minimum Gasteiger partial charge on any atom is -0.454 e. The van der Waals surface area contributed by atoms with Crippen molar-refractivity contribution >= 4 is 11.6 Å². The molecule has 0 radical (unpaired) electrons. The SMILES string of the molecule is NCc1ncccc1Oc1ccccc1Cl. The number of ether oxygens (including phenoxy) is 1. The van der Waals surface area contributed by atoms with Crippen LogP contribution in [0.2, 0.25) is 5.02 Å². The summed E-state index contributed by atoms with van der Waals surface area (Å²) in [5, 5.41) is 0.564. The van der Waals surface area contributed by atoms with E-state index < -0.39 is 0 Å². The van der Waals surface area contributed by atoms with E-state index in [4.69, 9.17) is 22.1 Å². The van der Waals surface area contributed by atoms with Gasteiger partial charge in [0.25, 0.3) is 0 Å². The lowest BCUT2D eigenvalue weighted by Crippen LogP contribution is -2.01. The molecule has 0 aliphatic rings. The predicted molar refractivity (Wildman–Crippen MR) is 63.7 cm³/mol. The van der Waals surface area contributed by atoms with Crippen molar-refractivity contribution in [1.29, 1.82) is 0 Å². The molecule has 0 amide bonds. The Hall–Kier alpha value is -1.58. The number of rotatable bonds is 3. The van der Waals surface area contributed by atoms with E-state index in [2.05, 4.69) is 4.98 Å². The lowest BCUT2D eigenvalue weighted by molar-refractivity contribution is 0.473. The summed E-state index contributed by atoms with van der Waals surface area (Å²) >= 11 is 5.99. The zero-order valence-corrected chi connectivity index (χ0v) is 9.32. The molecule has 3 nitrogen and oxygen atoms in total. The summed E-state index contributed by atoms with van der Waals surface area (Å²) in [6.45, 7) is 0.334. The lowest BCUT2D eigenvalue weighted by Gasteiger charge is -2.09. The van der Waals surface area contributed by atoms with Gasteiger partial charge in [0.05, 0.1) is 10.7 Å². The van der Waals surface area contributed by atoms with Crippen molar-refractivity contribution in [2.45, 2.75) is 6.54 Å². The third-order valence-corrected chi connectivity index (χ3v) is 2.41. The van der Waals surface area contributed by atoms with Gasteiger partial charge in [-0.25, -0.2) is 0 Å². The fourth-order valence-corrected chi connectivity index (χ4v) is 1.49. The Balaban J connectivity index is 2.30. The van der Waals surface area contributed by atoms with Gasteiger partial charge in [-0.1, -0.05) is 23.7 Å². The van der Waals surface area contributed by atoms with Gasteiger partial charge >= 0.3 is 0 Å². The molecule has 0 spiro atoms. The summed E-state index contributed by atoms with van der Waals surface area (Å²) in [5.41, 5.74) is 6.28. The highest BCUT2D eigenvalue weighted by atomic mass is 35.5. The highest BCUT2D eigenvalue weighted by Gasteiger charge is 2.06. The first-order valence-corrected chi connectivity index (χ1v) is 5.25. The molecule has 0 aliphatic heterocycles. The minimum atomic E-state index is 0.334. The van der Waals surface area contributed by atoms with Crippen LogP contribution in [-0.4, -0.2) is 4.98 Å². The number of nitrogens with two attached hydrogens (primary N) is 1. The van der Waals surface area contributed by atoms with Crippen molar-refractivity contribution in [1.82, 2.24) is 4.98 Å². The van der Waals surface area contributed by atoms with Crippen LogP contribution in [0.15, 0.2) is 42.6 Å². The topological polar surface area (TPSA) is 48.1 Å². The van der Waals surface area contributed by atoms with Crippen molar-refractivity contribution < 1.29 is 4.74 Å². The fourth-order valence-electron chi connectivity index (χ4n) is 1.32. The number of para-hydroxylation sites is 1. The molecule has 0 aliphatic carbocycles. The molecule has 1 aromatic carbocycles. The molecule has 16 heavy (non-hydrogen) atoms. The molecule has 0 bridgehead atoms. The van der Waals surface area contributed by atoms with E-state index in [0.29, 0.717) is 28.8 Å². The van der Waals surface area contributed by atoms with Crippen LogP contribution in [0.4, 0.5) is 0 Å². The molecular formula is C12H11ClN2O. The Morgan fingerprint density at radius 1 is 1.12 bits per heavy atom. The monoisotopic (exact) mass is 234 g/mol. The largest absolute Gasteiger partial charge is 0.454 e. The second kappa shape index (κ2) is 4.96. The summed E-state index contributed by atoms with van der Waals surface area (Å²) in [6, 6.07) is 10.9. The van der Waals surface area contributed by atoms with E-state index in [1.165, 1.54) is 0 Å². The van der Waals surface area contributed by atoms with Crippen LogP contribution in [0, 0.1) is 0 Å². The molecule has 0 saturated heterocycles. The Morgan fingerprint density at radius 2 is 1.88 bits per heavy atom. The predicted octanol–water partition coefficient (Wildman–Crippen LogP) is 2.99. The summed E-state index contributed by atoms with van der Waals surface area (Å²) in [4.78, 5) is 4.13. The smallest absolute Gasteiger partial charge is 0.150 e. The molecule has 1 heterocycles. The maximum absolute atomic E-state index is 5.99. The number of nitrogens with zero attached hydrogens (tertiary/aromatic N) is 1. The molecule has 2 rings (SSSR count). The number of pyridine rings is 1. The van der Waals surface area contributed by atoms with Gasteiger partial charge in [-0.15, -0.1) is 0 Å². The van der Waals surface area contributed by atoms with Crippen molar-refractivity contribution in [3.63, 3.8) is 0 Å². The van der Waals surface area contributed by atoms with Crippen molar-refractivity contribution in [2.24, 2.45) is 5.73 Å². The number of halogens is 1. The molecule has 1 aromatic heterocycles. The highest BCUT2D eigenvalue weighted by molar-refractivity contribution is 6.32. The molecule has 0 saturated carbocycles. The van der Waals surface area contributed by atoms with Gasteiger partial charge in [0.1, 0.15) is 11.5 Å². The number of aromatic nitrogens is 1. The molecule has 2 aromatic rings. The molecule has 2 N–H and O–H groups in total. The van der Waals surface area contributed by atoms with Crippen LogP contribution >= 0.6 is 11.6 Å². The maximum Gasteiger partial charge on any atom is 0.150 e. The zero-order chi connectivity index (χ0) is 11.4. The Labute approximate surface area is 98.8 Å². The molecule has 4 heteroatoms. The van der Waals surface area contributed by atoms with Crippen LogP contribution < -0.4 is 10.5 Å². The van der Waals surface area contributed by atoms with Gasteiger partial charge in [0.2, 0.25) is 0 Å². The van der Waals surface area contributed by atoms with E-state index in [9.17, 15) is 0 Å². The zero-order valence-electron chi connectivity index (χ0n) is 8.56. The Kier molecular flexibility index (Phi) is 3.39. The molecule has 0 atom stereocenters. The first-order valence-electron chi connectivity index (χ1n) is 4.87. The summed E-state index contributed by atoms with van der Waals surface area (Å²) in [7, 11) is 0. The molecule has 82 valence electrons. The van der Waals surface area contributed by atoms with Crippen LogP contribution in [0.5, 0.6) is 11.5 Å². The van der Waals surface area contributed by atoms with Gasteiger partial charge in [-0.2, -0.15) is 0 Å². The second-order valence-corrected chi connectivity index (χ2v) is 3.59. The molecule has 0 unspecified atom stereocenters.